The van der Waals surface area contributed by atoms with Crippen molar-refractivity contribution >= 4 is 0 Å². The van der Waals surface area contributed by atoms with Gasteiger partial charge in [-0.15, -0.1) is 0 Å². The summed E-state index contributed by atoms with van der Waals surface area (Å²) in [5.74, 6) is 0. The van der Waals surface area contributed by atoms with Crippen LogP contribution in [0.3, 0.4) is 0 Å². The standard InChI is InChI=1S/C6H11FO5/c1-6(10)4(9)3(2-8)11-5(6)12-7/h3-5,8-10H,2H2,1H3/t3-,4-,5?,6-/m1/s1. The van der Waals surface area contributed by atoms with Gasteiger partial charge in [-0.1, -0.05) is 0 Å². The first kappa shape index (κ1) is 9.82. The van der Waals surface area contributed by atoms with E-state index in [-0.39, 0.29) is 0 Å². The topological polar surface area (TPSA) is 79.2 Å². The largest absolute Gasteiger partial charge is 0.394 e. The smallest absolute Gasteiger partial charge is 0.228 e. The van der Waals surface area contributed by atoms with Gasteiger partial charge in [0.2, 0.25) is 6.29 Å². The van der Waals surface area contributed by atoms with E-state index in [2.05, 4.69) is 9.68 Å². The van der Waals surface area contributed by atoms with Crippen LogP contribution in [0.1, 0.15) is 6.92 Å². The second kappa shape index (κ2) is 3.23. The van der Waals surface area contributed by atoms with Crippen LogP contribution in [-0.4, -0.2) is 46.0 Å². The van der Waals surface area contributed by atoms with Gasteiger partial charge in [-0.05, 0) is 11.4 Å². The molecule has 1 fully saturated rings. The van der Waals surface area contributed by atoms with Crippen LogP contribution in [-0.2, 0) is 9.68 Å². The fourth-order valence-electron chi connectivity index (χ4n) is 1.14. The van der Waals surface area contributed by atoms with Gasteiger partial charge >= 0.3 is 0 Å². The van der Waals surface area contributed by atoms with Crippen LogP contribution >= 0.6 is 0 Å². The molecule has 72 valence electrons. The van der Waals surface area contributed by atoms with Crippen LogP contribution in [0.25, 0.3) is 0 Å². The Morgan fingerprint density at radius 1 is 1.67 bits per heavy atom. The summed E-state index contributed by atoms with van der Waals surface area (Å²) in [4.78, 5) is 3.29. The molecule has 0 aromatic rings. The van der Waals surface area contributed by atoms with Crippen LogP contribution < -0.4 is 0 Å². The van der Waals surface area contributed by atoms with Crippen molar-refractivity contribution in [1.29, 1.82) is 0 Å². The Hall–Kier alpha value is -0.270. The number of rotatable bonds is 2. The molecular formula is C6H11FO5. The molecule has 3 N–H and O–H groups in total. The summed E-state index contributed by atoms with van der Waals surface area (Å²) < 4.78 is 16.3. The quantitative estimate of drug-likeness (QED) is 0.495. The molecule has 0 saturated carbocycles. The monoisotopic (exact) mass is 182 g/mol. The molecule has 0 aliphatic carbocycles. The highest BCUT2D eigenvalue weighted by Gasteiger charge is 2.53. The van der Waals surface area contributed by atoms with Gasteiger partial charge < -0.3 is 20.1 Å². The molecule has 1 saturated heterocycles. The van der Waals surface area contributed by atoms with Gasteiger partial charge in [-0.2, -0.15) is 4.94 Å². The average Bonchev–Trinajstić information content (AvgIpc) is 2.25. The fraction of sp³-hybridized carbons (Fsp3) is 1.00. The molecule has 6 heteroatoms. The highest BCUT2D eigenvalue weighted by molar-refractivity contribution is 4.96. The summed E-state index contributed by atoms with van der Waals surface area (Å²) in [6, 6.07) is 0. The molecule has 0 bridgehead atoms. The minimum absolute atomic E-state index is 0.503. The molecule has 1 unspecified atom stereocenters. The summed E-state index contributed by atoms with van der Waals surface area (Å²) in [5, 5.41) is 27.2. The Morgan fingerprint density at radius 2 is 2.25 bits per heavy atom. The molecule has 4 atom stereocenters. The summed E-state index contributed by atoms with van der Waals surface area (Å²) in [6.45, 7) is 0.661. The zero-order valence-electron chi connectivity index (χ0n) is 6.48. The van der Waals surface area contributed by atoms with Crippen LogP contribution in [0.4, 0.5) is 4.53 Å². The summed E-state index contributed by atoms with van der Waals surface area (Å²) in [5.41, 5.74) is -1.83. The summed E-state index contributed by atoms with van der Waals surface area (Å²) in [7, 11) is 0. The molecule has 1 heterocycles. The second-order valence-corrected chi connectivity index (χ2v) is 2.95. The maximum absolute atomic E-state index is 11.7. The molecule has 12 heavy (non-hydrogen) atoms. The van der Waals surface area contributed by atoms with Crippen LogP contribution in [0.2, 0.25) is 0 Å². The van der Waals surface area contributed by atoms with Crippen molar-refractivity contribution in [1.82, 2.24) is 0 Å². The van der Waals surface area contributed by atoms with Crippen molar-refractivity contribution in [3.05, 3.63) is 0 Å². The number of hydrogen-bond donors (Lipinski definition) is 3. The van der Waals surface area contributed by atoms with Gasteiger partial charge in [0.15, 0.2) is 0 Å². The van der Waals surface area contributed by atoms with Crippen molar-refractivity contribution < 1.29 is 29.5 Å². The molecular weight excluding hydrogens is 171 g/mol. The zero-order valence-corrected chi connectivity index (χ0v) is 6.48. The first-order valence-electron chi connectivity index (χ1n) is 3.48. The van der Waals surface area contributed by atoms with Crippen molar-refractivity contribution in [2.45, 2.75) is 31.0 Å². The molecule has 1 rings (SSSR count). The molecule has 0 radical (unpaired) electrons. The SMILES string of the molecule is C[C@]1(O)C(OF)O[C@H](CO)[C@H]1O. The molecule has 1 aliphatic rings. The highest BCUT2D eigenvalue weighted by Crippen LogP contribution is 2.31. The molecule has 5 nitrogen and oxygen atoms in total. The van der Waals surface area contributed by atoms with Crippen molar-refractivity contribution in [2.24, 2.45) is 0 Å². The lowest BCUT2D eigenvalue weighted by Crippen LogP contribution is -2.46. The molecule has 1 aliphatic heterocycles. The third-order valence-corrected chi connectivity index (χ3v) is 1.99. The van der Waals surface area contributed by atoms with E-state index in [1.54, 1.807) is 0 Å². The fourth-order valence-corrected chi connectivity index (χ4v) is 1.14. The Labute approximate surface area is 68.2 Å². The predicted molar refractivity (Wildman–Crippen MR) is 34.6 cm³/mol. The van der Waals surface area contributed by atoms with Gasteiger partial charge in [0.1, 0.15) is 17.8 Å². The van der Waals surface area contributed by atoms with Gasteiger partial charge in [0.25, 0.3) is 0 Å². The number of ether oxygens (including phenoxy) is 1. The third-order valence-electron chi connectivity index (χ3n) is 1.99. The van der Waals surface area contributed by atoms with Gasteiger partial charge in [-0.3, -0.25) is 0 Å². The number of aliphatic hydroxyl groups excluding tert-OH is 2. The minimum Gasteiger partial charge on any atom is -0.394 e. The van der Waals surface area contributed by atoms with E-state index >= 15 is 0 Å². The van der Waals surface area contributed by atoms with Gasteiger partial charge in [-0.25, -0.2) is 0 Å². The van der Waals surface area contributed by atoms with E-state index in [9.17, 15) is 14.7 Å². The van der Waals surface area contributed by atoms with Crippen LogP contribution in [0, 0.1) is 0 Å². The lowest BCUT2D eigenvalue weighted by Gasteiger charge is -2.22. The number of hydrogen-bond acceptors (Lipinski definition) is 5. The first-order valence-corrected chi connectivity index (χ1v) is 3.48. The predicted octanol–water partition coefficient (Wildman–Crippen LogP) is -1.28. The van der Waals surface area contributed by atoms with Gasteiger partial charge in [0, 0.05) is 0 Å². The molecule has 0 spiro atoms. The highest BCUT2D eigenvalue weighted by atomic mass is 19.3. The Morgan fingerprint density at radius 3 is 2.50 bits per heavy atom. The number of aliphatic hydroxyl groups is 3. The first-order chi connectivity index (χ1) is 5.54. The maximum Gasteiger partial charge on any atom is 0.228 e. The molecule has 0 aromatic carbocycles. The van der Waals surface area contributed by atoms with Crippen molar-refractivity contribution in [2.75, 3.05) is 6.61 Å². The van der Waals surface area contributed by atoms with Crippen LogP contribution in [0.15, 0.2) is 0 Å². The van der Waals surface area contributed by atoms with Crippen LogP contribution in [0.5, 0.6) is 0 Å². The van der Waals surface area contributed by atoms with E-state index in [4.69, 9.17) is 5.11 Å². The van der Waals surface area contributed by atoms with Crippen molar-refractivity contribution in [3.63, 3.8) is 0 Å². The third kappa shape index (κ3) is 1.32. The lowest BCUT2D eigenvalue weighted by atomic mass is 9.98. The summed E-state index contributed by atoms with van der Waals surface area (Å²) in [6.07, 6.45) is -3.92. The van der Waals surface area contributed by atoms with E-state index in [1.807, 2.05) is 0 Å². The average molecular weight is 182 g/mol. The van der Waals surface area contributed by atoms with Gasteiger partial charge in [0.05, 0.1) is 6.61 Å². The maximum atomic E-state index is 11.7. The lowest BCUT2D eigenvalue weighted by molar-refractivity contribution is -0.306. The van der Waals surface area contributed by atoms with Crippen molar-refractivity contribution in [3.8, 4) is 0 Å². The Bertz CT molecular complexity index is 158. The van der Waals surface area contributed by atoms with E-state index in [0.29, 0.717) is 0 Å². The zero-order chi connectivity index (χ0) is 9.35. The molecule has 0 amide bonds. The minimum atomic E-state index is -1.83. The molecule has 0 aromatic heterocycles. The Balaban J connectivity index is 2.73. The van der Waals surface area contributed by atoms with E-state index in [0.717, 1.165) is 6.92 Å². The summed E-state index contributed by atoms with van der Waals surface area (Å²) >= 11 is 0. The van der Waals surface area contributed by atoms with E-state index in [1.165, 1.54) is 0 Å². The second-order valence-electron chi connectivity index (χ2n) is 2.95. The number of halogens is 1. The normalized spacial score (nSPS) is 48.2. The van der Waals surface area contributed by atoms with E-state index < -0.39 is 30.7 Å². The Kier molecular flexibility index (Phi) is 2.64.